The van der Waals surface area contributed by atoms with Crippen LogP contribution in [-0.4, -0.2) is 29.3 Å². The van der Waals surface area contributed by atoms with Gasteiger partial charge in [0.05, 0.1) is 6.33 Å². The summed E-state index contributed by atoms with van der Waals surface area (Å²) in [5.74, 6) is -0.468. The Morgan fingerprint density at radius 2 is 2.35 bits per heavy atom. The molecule has 0 aromatic carbocycles. The third-order valence-electron chi connectivity index (χ3n) is 3.23. The van der Waals surface area contributed by atoms with Gasteiger partial charge in [-0.1, -0.05) is 13.0 Å². The second-order valence-electron chi connectivity index (χ2n) is 4.32. The number of allylic oxidation sites excluding steroid dienone is 1. The Hall–Kier alpha value is -1.39. The van der Waals surface area contributed by atoms with E-state index in [1.54, 1.807) is 0 Å². The van der Waals surface area contributed by atoms with Crippen LogP contribution in [0.2, 0.25) is 0 Å². The molecule has 2 amide bonds. The fourth-order valence-electron chi connectivity index (χ4n) is 2.23. The van der Waals surface area contributed by atoms with Crippen molar-refractivity contribution in [3.05, 3.63) is 12.4 Å². The molecule has 0 bridgehead atoms. The molecule has 2 atom stereocenters. The Balaban J connectivity index is 2.73. The van der Waals surface area contributed by atoms with Gasteiger partial charge in [-0.05, 0) is 25.2 Å². The first-order chi connectivity index (χ1) is 8.10. The van der Waals surface area contributed by atoms with Crippen LogP contribution in [0.5, 0.6) is 0 Å². The van der Waals surface area contributed by atoms with Gasteiger partial charge in [0.25, 0.3) is 0 Å². The largest absolute Gasteiger partial charge is 0.368 e. The smallest absolute Gasteiger partial charge is 0.240 e. The van der Waals surface area contributed by atoms with E-state index in [1.807, 2.05) is 6.92 Å². The van der Waals surface area contributed by atoms with Crippen molar-refractivity contribution in [1.29, 1.82) is 0 Å². The molecule has 96 valence electrons. The standard InChI is InChI=1S/C12H19FN2O2/c1-2-10(12(14)17)15-8-6-9(5-7-13)3-4-11(15)16/h5,7,9-10H,2-4,6,8H2,1H3,(H2,14,17). The van der Waals surface area contributed by atoms with Crippen LogP contribution in [-0.2, 0) is 9.59 Å². The van der Waals surface area contributed by atoms with Crippen LogP contribution in [0.4, 0.5) is 4.39 Å². The number of rotatable bonds is 4. The van der Waals surface area contributed by atoms with E-state index in [9.17, 15) is 14.0 Å². The molecule has 2 unspecified atom stereocenters. The average molecular weight is 242 g/mol. The molecule has 0 aliphatic carbocycles. The highest BCUT2D eigenvalue weighted by molar-refractivity contribution is 5.86. The number of amides is 2. The van der Waals surface area contributed by atoms with Gasteiger partial charge in [-0.3, -0.25) is 9.59 Å². The lowest BCUT2D eigenvalue weighted by atomic mass is 10.0. The van der Waals surface area contributed by atoms with E-state index in [4.69, 9.17) is 5.73 Å². The third kappa shape index (κ3) is 3.54. The summed E-state index contributed by atoms with van der Waals surface area (Å²) in [6, 6.07) is -0.532. The maximum Gasteiger partial charge on any atom is 0.240 e. The van der Waals surface area contributed by atoms with Crippen molar-refractivity contribution in [2.24, 2.45) is 11.7 Å². The first kappa shape index (κ1) is 13.7. The second-order valence-corrected chi connectivity index (χ2v) is 4.32. The minimum Gasteiger partial charge on any atom is -0.368 e. The number of primary amides is 1. The molecule has 0 radical (unpaired) electrons. The van der Waals surface area contributed by atoms with Gasteiger partial charge in [-0.25, -0.2) is 4.39 Å². The molecule has 0 spiro atoms. The number of hydrogen-bond acceptors (Lipinski definition) is 2. The van der Waals surface area contributed by atoms with E-state index in [1.165, 1.54) is 11.0 Å². The van der Waals surface area contributed by atoms with Crippen LogP contribution in [0, 0.1) is 5.92 Å². The zero-order valence-electron chi connectivity index (χ0n) is 10.1. The van der Waals surface area contributed by atoms with E-state index in [0.29, 0.717) is 38.6 Å². The molecule has 1 rings (SSSR count). The molecule has 1 aliphatic heterocycles. The highest BCUT2D eigenvalue weighted by atomic mass is 19.1. The first-order valence-corrected chi connectivity index (χ1v) is 5.95. The third-order valence-corrected chi connectivity index (χ3v) is 3.23. The fraction of sp³-hybridized carbons (Fsp3) is 0.667. The lowest BCUT2D eigenvalue weighted by molar-refractivity contribution is -0.139. The highest BCUT2D eigenvalue weighted by Crippen LogP contribution is 2.21. The van der Waals surface area contributed by atoms with Crippen molar-refractivity contribution < 1.29 is 14.0 Å². The number of hydrogen-bond donors (Lipinski definition) is 1. The van der Waals surface area contributed by atoms with E-state index in [2.05, 4.69) is 0 Å². The molecular formula is C12H19FN2O2. The molecule has 17 heavy (non-hydrogen) atoms. The van der Waals surface area contributed by atoms with Gasteiger partial charge in [0.1, 0.15) is 6.04 Å². The Labute approximate surface area is 101 Å². The number of nitrogens with zero attached hydrogens (tertiary/aromatic N) is 1. The topological polar surface area (TPSA) is 63.4 Å². The summed E-state index contributed by atoms with van der Waals surface area (Å²) < 4.78 is 12.1. The van der Waals surface area contributed by atoms with Crippen LogP contribution in [0.15, 0.2) is 12.4 Å². The molecular weight excluding hydrogens is 223 g/mol. The summed E-state index contributed by atoms with van der Waals surface area (Å²) in [6.45, 7) is 2.29. The molecule has 1 heterocycles. The molecule has 5 heteroatoms. The van der Waals surface area contributed by atoms with Gasteiger partial charge in [-0.2, -0.15) is 0 Å². The van der Waals surface area contributed by atoms with Crippen LogP contribution in [0.1, 0.15) is 32.6 Å². The quantitative estimate of drug-likeness (QED) is 0.809. The summed E-state index contributed by atoms with van der Waals surface area (Å²) in [5, 5.41) is 0. The molecule has 0 saturated carbocycles. The normalized spacial score (nSPS) is 23.8. The SMILES string of the molecule is CCC(C(N)=O)N1CCC(C=CF)CCC1=O. The number of halogens is 1. The van der Waals surface area contributed by atoms with Gasteiger partial charge in [0.2, 0.25) is 11.8 Å². The molecule has 1 saturated heterocycles. The monoisotopic (exact) mass is 242 g/mol. The predicted octanol–water partition coefficient (Wildman–Crippen LogP) is 1.36. The maximum atomic E-state index is 12.1. The minimum absolute atomic E-state index is 0.0644. The van der Waals surface area contributed by atoms with Gasteiger partial charge in [0, 0.05) is 13.0 Å². The summed E-state index contributed by atoms with van der Waals surface area (Å²) in [5.41, 5.74) is 5.28. The van der Waals surface area contributed by atoms with E-state index >= 15 is 0 Å². The number of carbonyl (C=O) groups is 2. The van der Waals surface area contributed by atoms with Gasteiger partial charge >= 0.3 is 0 Å². The number of nitrogens with two attached hydrogens (primary N) is 1. The predicted molar refractivity (Wildman–Crippen MR) is 62.6 cm³/mol. The maximum absolute atomic E-state index is 12.1. The Bertz CT molecular complexity index is 318. The van der Waals surface area contributed by atoms with Crippen LogP contribution in [0.3, 0.4) is 0 Å². The minimum atomic E-state index is -0.532. The van der Waals surface area contributed by atoms with E-state index in [-0.39, 0.29) is 11.8 Å². The van der Waals surface area contributed by atoms with Crippen LogP contribution < -0.4 is 5.73 Å². The number of likely N-dealkylation sites (tertiary alicyclic amines) is 1. The molecule has 0 aromatic rings. The zero-order valence-corrected chi connectivity index (χ0v) is 10.1. The summed E-state index contributed by atoms with van der Waals surface area (Å²) in [7, 11) is 0. The van der Waals surface area contributed by atoms with E-state index < -0.39 is 11.9 Å². The fourth-order valence-corrected chi connectivity index (χ4v) is 2.23. The van der Waals surface area contributed by atoms with Crippen molar-refractivity contribution in [2.75, 3.05) is 6.54 Å². The summed E-state index contributed by atoms with van der Waals surface area (Å²) in [4.78, 5) is 24.7. The zero-order chi connectivity index (χ0) is 12.8. The van der Waals surface area contributed by atoms with Gasteiger partial charge in [-0.15, -0.1) is 0 Å². The lowest BCUT2D eigenvalue weighted by Gasteiger charge is -2.27. The lowest BCUT2D eigenvalue weighted by Crippen LogP contribution is -2.47. The van der Waals surface area contributed by atoms with Crippen molar-refractivity contribution >= 4 is 11.8 Å². The van der Waals surface area contributed by atoms with Gasteiger partial charge < -0.3 is 10.6 Å². The van der Waals surface area contributed by atoms with Crippen molar-refractivity contribution in [1.82, 2.24) is 4.90 Å². The van der Waals surface area contributed by atoms with Crippen molar-refractivity contribution in [3.63, 3.8) is 0 Å². The van der Waals surface area contributed by atoms with Crippen LogP contribution in [0.25, 0.3) is 0 Å². The molecule has 2 N–H and O–H groups in total. The average Bonchev–Trinajstić information content (AvgIpc) is 2.45. The van der Waals surface area contributed by atoms with Crippen LogP contribution >= 0.6 is 0 Å². The molecule has 4 nitrogen and oxygen atoms in total. The highest BCUT2D eigenvalue weighted by Gasteiger charge is 2.29. The summed E-state index contributed by atoms with van der Waals surface area (Å²) in [6.07, 6.45) is 4.17. The molecule has 0 aromatic heterocycles. The Morgan fingerprint density at radius 1 is 1.65 bits per heavy atom. The van der Waals surface area contributed by atoms with Gasteiger partial charge in [0.15, 0.2) is 0 Å². The Kier molecular flexibility index (Phi) is 5.12. The Morgan fingerprint density at radius 3 is 2.88 bits per heavy atom. The second kappa shape index (κ2) is 6.37. The molecule has 1 fully saturated rings. The van der Waals surface area contributed by atoms with Crippen molar-refractivity contribution in [3.8, 4) is 0 Å². The molecule has 1 aliphatic rings. The summed E-state index contributed by atoms with van der Waals surface area (Å²) >= 11 is 0. The van der Waals surface area contributed by atoms with Crippen molar-refractivity contribution in [2.45, 2.75) is 38.6 Å². The first-order valence-electron chi connectivity index (χ1n) is 5.95. The van der Waals surface area contributed by atoms with E-state index in [0.717, 1.165) is 0 Å². The number of carbonyl (C=O) groups excluding carboxylic acids is 2.